The van der Waals surface area contributed by atoms with E-state index in [-0.39, 0.29) is 13.2 Å². The minimum absolute atomic E-state index is 0.203. The molecule has 49 heavy (non-hydrogen) atoms. The molecule has 0 aromatic carbocycles. The molecule has 9 unspecified atom stereocenters. The number of quaternary nitrogens is 1. The van der Waals surface area contributed by atoms with Gasteiger partial charge >= 0.3 is 0 Å². The van der Waals surface area contributed by atoms with Crippen LogP contribution in [0.2, 0.25) is 0 Å². The molecular weight excluding hydrogens is 629 g/mol. The summed E-state index contributed by atoms with van der Waals surface area (Å²) >= 11 is 0. The number of rotatable bonds is 23. The zero-order chi connectivity index (χ0) is 35.5. The first-order chi connectivity index (χ1) is 23.4. The van der Waals surface area contributed by atoms with Crippen molar-refractivity contribution in [3.63, 3.8) is 0 Å². The van der Waals surface area contributed by atoms with Gasteiger partial charge in [-0.2, -0.15) is 0 Å². The Morgan fingerprint density at radius 3 is 2.14 bits per heavy atom. The van der Waals surface area contributed by atoms with Gasteiger partial charge in [-0.05, 0) is 111 Å². The SMILES string of the molecule is CC(C)CCCC(C)C1CCC2C3CC=C4CC(OCCCCCCCCCCOP(=O)([O-])OCCC[NH+](C)C)CCC4(C)C3CCC12C. The second-order valence-electron chi connectivity index (χ2n) is 18.3. The van der Waals surface area contributed by atoms with Crippen LogP contribution in [-0.2, 0) is 18.3 Å². The van der Waals surface area contributed by atoms with Crippen molar-refractivity contribution >= 4 is 7.82 Å². The van der Waals surface area contributed by atoms with Crippen LogP contribution in [0, 0.1) is 46.3 Å². The number of phosphoric ester groups is 1. The molecule has 6 nitrogen and oxygen atoms in total. The Morgan fingerprint density at radius 2 is 1.47 bits per heavy atom. The van der Waals surface area contributed by atoms with Crippen LogP contribution in [0.1, 0.15) is 163 Å². The number of phosphoric acid groups is 1. The lowest BCUT2D eigenvalue weighted by Crippen LogP contribution is -3.05. The maximum atomic E-state index is 11.8. The second-order valence-corrected chi connectivity index (χ2v) is 19.7. The summed E-state index contributed by atoms with van der Waals surface area (Å²) in [7, 11) is -0.0676. The third kappa shape index (κ3) is 11.9. The topological polar surface area (TPSA) is 72.3 Å². The van der Waals surface area contributed by atoms with Crippen molar-refractivity contribution in [2.75, 3.05) is 40.5 Å². The summed E-state index contributed by atoms with van der Waals surface area (Å²) < 4.78 is 28.3. The van der Waals surface area contributed by atoms with Gasteiger partial charge in [-0.3, -0.25) is 4.57 Å². The second kappa shape index (κ2) is 19.7. The van der Waals surface area contributed by atoms with Crippen molar-refractivity contribution in [1.82, 2.24) is 0 Å². The van der Waals surface area contributed by atoms with Crippen LogP contribution in [0.5, 0.6) is 0 Å². The van der Waals surface area contributed by atoms with E-state index in [1.165, 1.54) is 101 Å². The quantitative estimate of drug-likeness (QED) is 0.0651. The third-order valence-electron chi connectivity index (χ3n) is 14.0. The van der Waals surface area contributed by atoms with Crippen LogP contribution >= 0.6 is 7.82 Å². The van der Waals surface area contributed by atoms with Crippen molar-refractivity contribution in [2.24, 2.45) is 46.3 Å². The van der Waals surface area contributed by atoms with Crippen molar-refractivity contribution in [1.29, 1.82) is 0 Å². The third-order valence-corrected chi connectivity index (χ3v) is 15.0. The Hall–Kier alpha value is -0.230. The summed E-state index contributed by atoms with van der Waals surface area (Å²) in [5.41, 5.74) is 2.73. The van der Waals surface area contributed by atoms with Crippen molar-refractivity contribution < 1.29 is 28.1 Å². The molecule has 9 atom stereocenters. The van der Waals surface area contributed by atoms with E-state index >= 15 is 0 Å². The fourth-order valence-corrected chi connectivity index (χ4v) is 11.9. The van der Waals surface area contributed by atoms with E-state index in [2.05, 4.69) is 40.7 Å². The highest BCUT2D eigenvalue weighted by Gasteiger charge is 2.59. The van der Waals surface area contributed by atoms with E-state index in [1.54, 1.807) is 5.57 Å². The zero-order valence-electron chi connectivity index (χ0n) is 33.1. The fraction of sp³-hybridized carbons (Fsp3) is 0.952. The lowest BCUT2D eigenvalue weighted by molar-refractivity contribution is -0.858. The molecule has 0 amide bonds. The van der Waals surface area contributed by atoms with Gasteiger partial charge < -0.3 is 23.6 Å². The number of fused-ring (bicyclic) bond motifs is 5. The molecule has 4 aliphatic rings. The molecule has 0 aliphatic heterocycles. The predicted octanol–water partition coefficient (Wildman–Crippen LogP) is 9.57. The largest absolute Gasteiger partial charge is 0.756 e. The van der Waals surface area contributed by atoms with Crippen LogP contribution in [-0.4, -0.2) is 46.6 Å². The van der Waals surface area contributed by atoms with Gasteiger partial charge in [-0.25, -0.2) is 0 Å². The molecule has 3 fully saturated rings. The molecule has 0 saturated heterocycles. The summed E-state index contributed by atoms with van der Waals surface area (Å²) in [6.07, 6.45) is 28.1. The maximum absolute atomic E-state index is 11.8. The van der Waals surface area contributed by atoms with Gasteiger partial charge in [-0.15, -0.1) is 0 Å². The standard InChI is InChI=1S/C42H78NO5P/c1-33(2)18-16-19-34(3)38-22-23-39-37-21-20-35-32-36(24-26-41(35,4)40(37)25-27-42(38,39)5)46-29-14-12-10-8-9-11-13-15-30-47-49(44,45)48-31-17-28-43(6)7/h20,33-34,36-40H,8-19,21-32H2,1-7H3,(H,44,45). The summed E-state index contributed by atoms with van der Waals surface area (Å²) in [6.45, 7) is 14.9. The highest BCUT2D eigenvalue weighted by molar-refractivity contribution is 7.45. The molecule has 0 radical (unpaired) electrons. The van der Waals surface area contributed by atoms with Gasteiger partial charge in [-0.1, -0.05) is 104 Å². The summed E-state index contributed by atoms with van der Waals surface area (Å²) in [4.78, 5) is 13.1. The lowest BCUT2D eigenvalue weighted by Gasteiger charge is -2.58. The van der Waals surface area contributed by atoms with Gasteiger partial charge in [0.2, 0.25) is 0 Å². The molecular formula is C42H78NO5P. The van der Waals surface area contributed by atoms with E-state index in [0.717, 1.165) is 74.3 Å². The van der Waals surface area contributed by atoms with Crippen molar-refractivity contribution in [3.8, 4) is 0 Å². The van der Waals surface area contributed by atoms with Crippen molar-refractivity contribution in [2.45, 2.75) is 169 Å². The average Bonchev–Trinajstić information content (AvgIpc) is 3.40. The van der Waals surface area contributed by atoms with Crippen LogP contribution < -0.4 is 9.79 Å². The normalized spacial score (nSPS) is 33.2. The number of allylic oxidation sites excluding steroid dienone is 1. The predicted molar refractivity (Wildman–Crippen MR) is 202 cm³/mol. The number of nitrogens with one attached hydrogen (secondary N) is 1. The monoisotopic (exact) mass is 708 g/mol. The van der Waals surface area contributed by atoms with E-state index < -0.39 is 7.82 Å². The Labute approximate surface area is 302 Å². The van der Waals surface area contributed by atoms with Crippen LogP contribution in [0.3, 0.4) is 0 Å². The molecule has 0 spiro atoms. The minimum Gasteiger partial charge on any atom is -0.756 e. The molecule has 0 aromatic rings. The van der Waals surface area contributed by atoms with Gasteiger partial charge in [0, 0.05) is 13.0 Å². The summed E-state index contributed by atoms with van der Waals surface area (Å²) in [5.74, 6) is 5.40. The van der Waals surface area contributed by atoms with Crippen LogP contribution in [0.4, 0.5) is 0 Å². The van der Waals surface area contributed by atoms with Gasteiger partial charge in [0.25, 0.3) is 7.82 Å². The van der Waals surface area contributed by atoms with Gasteiger partial charge in [0.1, 0.15) is 0 Å². The molecule has 0 bridgehead atoms. The Balaban J connectivity index is 1.06. The van der Waals surface area contributed by atoms with E-state index in [0.29, 0.717) is 23.4 Å². The molecule has 1 N–H and O–H groups in total. The molecule has 286 valence electrons. The Bertz CT molecular complexity index is 1050. The highest BCUT2D eigenvalue weighted by atomic mass is 31.2. The number of hydrogen-bond acceptors (Lipinski definition) is 5. The molecule has 3 saturated carbocycles. The van der Waals surface area contributed by atoms with Crippen LogP contribution in [0.25, 0.3) is 0 Å². The molecule has 0 aromatic heterocycles. The molecule has 4 aliphatic carbocycles. The van der Waals surface area contributed by atoms with Crippen molar-refractivity contribution in [3.05, 3.63) is 11.6 Å². The smallest absolute Gasteiger partial charge is 0.267 e. The minimum atomic E-state index is -4.15. The van der Waals surface area contributed by atoms with E-state index in [4.69, 9.17) is 13.8 Å². The molecule has 4 rings (SSSR count). The summed E-state index contributed by atoms with van der Waals surface area (Å²) in [6, 6.07) is 0. The molecule has 7 heteroatoms. The van der Waals surface area contributed by atoms with Crippen LogP contribution in [0.15, 0.2) is 11.6 Å². The number of unbranched alkanes of at least 4 members (excludes halogenated alkanes) is 7. The van der Waals surface area contributed by atoms with Gasteiger partial charge in [0.15, 0.2) is 0 Å². The Kier molecular flexibility index (Phi) is 16.7. The summed E-state index contributed by atoms with van der Waals surface area (Å²) in [5, 5.41) is 0. The lowest BCUT2D eigenvalue weighted by atomic mass is 9.47. The highest BCUT2D eigenvalue weighted by Crippen LogP contribution is 2.67. The van der Waals surface area contributed by atoms with E-state index in [1.807, 2.05) is 14.1 Å². The fourth-order valence-electron chi connectivity index (χ4n) is 11.1. The molecule has 0 heterocycles. The first-order valence-corrected chi connectivity index (χ1v) is 22.5. The zero-order valence-corrected chi connectivity index (χ0v) is 34.0. The van der Waals surface area contributed by atoms with Gasteiger partial charge in [0.05, 0.1) is 40.0 Å². The first kappa shape index (κ1) is 41.5. The first-order valence-electron chi connectivity index (χ1n) is 21.1. The van der Waals surface area contributed by atoms with E-state index in [9.17, 15) is 9.46 Å². The average molecular weight is 708 g/mol. The Morgan fingerprint density at radius 1 is 0.816 bits per heavy atom. The number of ether oxygens (including phenoxy) is 1. The number of hydrogen-bond donors (Lipinski definition) is 1. The maximum Gasteiger partial charge on any atom is 0.267 e.